The molecule has 0 spiro atoms. The molecule has 0 aliphatic carbocycles. The Labute approximate surface area is 166 Å². The van der Waals surface area contributed by atoms with Crippen LogP contribution in [0.3, 0.4) is 0 Å². The number of nitrogens with zero attached hydrogens (tertiary/aromatic N) is 2. The van der Waals surface area contributed by atoms with Gasteiger partial charge in [0.05, 0.1) is 31.2 Å². The Balaban J connectivity index is 1.54. The fourth-order valence-corrected chi connectivity index (χ4v) is 5.52. The van der Waals surface area contributed by atoms with Gasteiger partial charge >= 0.3 is 0 Å². The average Bonchev–Trinajstić information content (AvgIpc) is 3.15. The molecule has 1 N–H and O–H groups in total. The number of aromatic nitrogens is 1. The number of amides is 2. The normalized spacial score (nSPS) is 15.3. The highest BCUT2D eigenvalue weighted by atomic mass is 32.2. The highest BCUT2D eigenvalue weighted by Gasteiger charge is 2.34. The number of thiazole rings is 1. The van der Waals surface area contributed by atoms with Crippen LogP contribution < -0.4 is 4.72 Å². The largest absolute Gasteiger partial charge is 0.277 e. The molecule has 0 saturated heterocycles. The molecule has 144 valence electrons. The SMILES string of the molecule is C[C@H](Cc1nc2ccccc2s1)NS(=O)(=O)c1ccc2c(c1)C(=O)N(C)C2=O. The number of nitrogens with one attached hydrogen (secondary N) is 1. The molecule has 1 atom stereocenters. The fourth-order valence-electron chi connectivity index (χ4n) is 3.15. The van der Waals surface area contributed by atoms with Crippen molar-refractivity contribution in [2.45, 2.75) is 24.3 Å². The molecule has 1 aliphatic rings. The summed E-state index contributed by atoms with van der Waals surface area (Å²) in [6.07, 6.45) is 0.448. The van der Waals surface area contributed by atoms with Gasteiger partial charge in [-0.3, -0.25) is 14.5 Å². The molecule has 0 unspecified atom stereocenters. The van der Waals surface area contributed by atoms with E-state index in [9.17, 15) is 18.0 Å². The number of sulfonamides is 1. The van der Waals surface area contributed by atoms with Gasteiger partial charge in [0.15, 0.2) is 0 Å². The number of fused-ring (bicyclic) bond motifs is 2. The molecule has 0 radical (unpaired) electrons. The maximum atomic E-state index is 12.7. The summed E-state index contributed by atoms with van der Waals surface area (Å²) in [5.74, 6) is -0.930. The number of carbonyl (C=O) groups excluding carboxylic acids is 2. The highest BCUT2D eigenvalue weighted by molar-refractivity contribution is 7.89. The molecule has 2 amide bonds. The van der Waals surface area contributed by atoms with E-state index in [-0.39, 0.29) is 22.1 Å². The second-order valence-corrected chi connectivity index (χ2v) is 9.51. The smallest absolute Gasteiger partial charge is 0.261 e. The third-order valence-corrected chi connectivity index (χ3v) is 7.19. The summed E-state index contributed by atoms with van der Waals surface area (Å²) >= 11 is 1.53. The number of hydrogen-bond acceptors (Lipinski definition) is 6. The van der Waals surface area contributed by atoms with Crippen molar-refractivity contribution in [1.29, 1.82) is 0 Å². The van der Waals surface area contributed by atoms with Crippen LogP contribution >= 0.6 is 11.3 Å². The molecule has 2 heterocycles. The van der Waals surface area contributed by atoms with E-state index in [2.05, 4.69) is 9.71 Å². The standard InChI is InChI=1S/C19H17N3O4S2/c1-11(9-17-20-15-5-3-4-6-16(15)27-17)21-28(25,26)12-7-8-13-14(10-12)19(24)22(2)18(13)23/h3-8,10-11,21H,9H2,1-2H3/t11-/m1/s1. The van der Waals surface area contributed by atoms with Crippen LogP contribution in [-0.2, 0) is 16.4 Å². The first kappa shape index (κ1) is 18.7. The number of hydrogen-bond donors (Lipinski definition) is 1. The van der Waals surface area contributed by atoms with Crippen molar-refractivity contribution in [3.8, 4) is 0 Å². The third kappa shape index (κ3) is 3.21. The molecule has 7 nitrogen and oxygen atoms in total. The van der Waals surface area contributed by atoms with E-state index < -0.39 is 21.8 Å². The van der Waals surface area contributed by atoms with Gasteiger partial charge in [-0.25, -0.2) is 18.1 Å². The monoisotopic (exact) mass is 415 g/mol. The van der Waals surface area contributed by atoms with Gasteiger partial charge in [0.1, 0.15) is 0 Å². The summed E-state index contributed by atoms with van der Waals surface area (Å²) < 4.78 is 29.2. The van der Waals surface area contributed by atoms with E-state index in [1.807, 2.05) is 24.3 Å². The average molecular weight is 415 g/mol. The van der Waals surface area contributed by atoms with Crippen LogP contribution in [0.1, 0.15) is 32.6 Å². The summed E-state index contributed by atoms with van der Waals surface area (Å²) in [5.41, 5.74) is 1.21. The highest BCUT2D eigenvalue weighted by Crippen LogP contribution is 2.25. The van der Waals surface area contributed by atoms with Crippen LogP contribution in [0, 0.1) is 0 Å². The molecule has 28 heavy (non-hydrogen) atoms. The van der Waals surface area contributed by atoms with Crippen LogP contribution in [0.2, 0.25) is 0 Å². The molecule has 0 fully saturated rings. The van der Waals surface area contributed by atoms with Gasteiger partial charge in [0, 0.05) is 19.5 Å². The molecule has 2 aromatic carbocycles. The molecular weight excluding hydrogens is 398 g/mol. The van der Waals surface area contributed by atoms with Gasteiger partial charge in [0.2, 0.25) is 10.0 Å². The van der Waals surface area contributed by atoms with E-state index in [0.717, 1.165) is 20.1 Å². The Morgan fingerprint density at radius 1 is 1.11 bits per heavy atom. The Kier molecular flexibility index (Phi) is 4.53. The second-order valence-electron chi connectivity index (χ2n) is 6.68. The lowest BCUT2D eigenvalue weighted by Gasteiger charge is -2.13. The van der Waals surface area contributed by atoms with Crippen LogP contribution in [0.25, 0.3) is 10.2 Å². The van der Waals surface area contributed by atoms with Gasteiger partial charge in [0.25, 0.3) is 11.8 Å². The van der Waals surface area contributed by atoms with Crippen LogP contribution in [0.15, 0.2) is 47.4 Å². The first-order valence-corrected chi connectivity index (χ1v) is 10.9. The molecule has 0 bridgehead atoms. The lowest BCUT2D eigenvalue weighted by atomic mass is 10.1. The Morgan fingerprint density at radius 3 is 2.57 bits per heavy atom. The van der Waals surface area contributed by atoms with Crippen molar-refractivity contribution in [1.82, 2.24) is 14.6 Å². The minimum Gasteiger partial charge on any atom is -0.277 e. The van der Waals surface area contributed by atoms with Gasteiger partial charge < -0.3 is 0 Å². The lowest BCUT2D eigenvalue weighted by molar-refractivity contribution is 0.0693. The minimum absolute atomic E-state index is 0.0427. The van der Waals surface area contributed by atoms with E-state index in [1.54, 1.807) is 6.92 Å². The molecule has 9 heteroatoms. The van der Waals surface area contributed by atoms with Crippen molar-refractivity contribution in [3.05, 3.63) is 58.6 Å². The number of para-hydroxylation sites is 1. The van der Waals surface area contributed by atoms with Gasteiger partial charge in [-0.1, -0.05) is 12.1 Å². The molecule has 1 aliphatic heterocycles. The zero-order valence-electron chi connectivity index (χ0n) is 15.2. The fraction of sp³-hybridized carbons (Fsp3) is 0.211. The summed E-state index contributed by atoms with van der Waals surface area (Å²) in [4.78, 5) is 29.5. The van der Waals surface area contributed by atoms with Crippen molar-refractivity contribution >= 4 is 43.4 Å². The van der Waals surface area contributed by atoms with Crippen LogP contribution in [-0.4, -0.2) is 43.2 Å². The van der Waals surface area contributed by atoms with E-state index >= 15 is 0 Å². The summed E-state index contributed by atoms with van der Waals surface area (Å²) in [7, 11) is -2.47. The molecule has 3 aromatic rings. The predicted molar refractivity (Wildman–Crippen MR) is 106 cm³/mol. The minimum atomic E-state index is -3.84. The summed E-state index contributed by atoms with van der Waals surface area (Å²) in [6.45, 7) is 1.76. The number of benzene rings is 2. The van der Waals surface area contributed by atoms with Gasteiger partial charge in [-0.05, 0) is 37.3 Å². The molecule has 0 saturated carbocycles. The van der Waals surface area contributed by atoms with E-state index in [0.29, 0.717) is 6.42 Å². The molecule has 1 aromatic heterocycles. The Hall–Kier alpha value is -2.62. The van der Waals surface area contributed by atoms with Crippen LogP contribution in [0.5, 0.6) is 0 Å². The Morgan fingerprint density at radius 2 is 1.82 bits per heavy atom. The van der Waals surface area contributed by atoms with Gasteiger partial charge in [-0.15, -0.1) is 11.3 Å². The zero-order valence-corrected chi connectivity index (χ0v) is 16.8. The first-order valence-electron chi connectivity index (χ1n) is 8.59. The van der Waals surface area contributed by atoms with Crippen molar-refractivity contribution in [3.63, 3.8) is 0 Å². The topological polar surface area (TPSA) is 96.4 Å². The summed E-state index contributed by atoms with van der Waals surface area (Å²) in [6, 6.07) is 11.3. The maximum absolute atomic E-state index is 12.7. The quantitative estimate of drug-likeness (QED) is 0.646. The van der Waals surface area contributed by atoms with Gasteiger partial charge in [-0.2, -0.15) is 0 Å². The second kappa shape index (κ2) is 6.77. The molecule has 4 rings (SSSR count). The number of rotatable bonds is 5. The van der Waals surface area contributed by atoms with Crippen LogP contribution in [0.4, 0.5) is 0 Å². The first-order chi connectivity index (χ1) is 13.3. The third-order valence-electron chi connectivity index (χ3n) is 4.55. The van der Waals surface area contributed by atoms with Crippen molar-refractivity contribution < 1.29 is 18.0 Å². The zero-order chi connectivity index (χ0) is 20.1. The van der Waals surface area contributed by atoms with E-state index in [1.165, 1.54) is 36.6 Å². The van der Waals surface area contributed by atoms with E-state index in [4.69, 9.17) is 0 Å². The van der Waals surface area contributed by atoms with Crippen molar-refractivity contribution in [2.24, 2.45) is 0 Å². The Bertz CT molecular complexity index is 1180. The predicted octanol–water partition coefficient (Wildman–Crippen LogP) is 2.43. The van der Waals surface area contributed by atoms with Crippen molar-refractivity contribution in [2.75, 3.05) is 7.05 Å². The molecular formula is C19H17N3O4S2. The lowest BCUT2D eigenvalue weighted by Crippen LogP contribution is -2.34. The number of imide groups is 1. The summed E-state index contributed by atoms with van der Waals surface area (Å²) in [5, 5.41) is 0.841. The number of carbonyl (C=O) groups is 2. The maximum Gasteiger partial charge on any atom is 0.261 e.